The fraction of sp³-hybridized carbons (Fsp3) is 0.250. The Morgan fingerprint density at radius 1 is 1.39 bits per heavy atom. The Bertz CT molecular complexity index is 514. The number of hydrogen-bond acceptors (Lipinski definition) is 3. The van der Waals surface area contributed by atoms with Crippen LogP contribution < -0.4 is 5.32 Å². The molecule has 0 unspecified atom stereocenters. The maximum atomic E-state index is 12.5. The molecule has 0 aliphatic heterocycles. The van der Waals surface area contributed by atoms with Gasteiger partial charge in [-0.15, -0.1) is 0 Å². The smallest absolute Gasteiger partial charge is 0.288 e. The van der Waals surface area contributed by atoms with Crippen molar-refractivity contribution in [2.45, 2.75) is 17.2 Å². The van der Waals surface area contributed by atoms with Gasteiger partial charge < -0.3 is 9.88 Å². The molecule has 0 amide bonds. The molecule has 1 aromatic heterocycles. The highest BCUT2D eigenvalue weighted by atomic mass is 32.2. The summed E-state index contributed by atoms with van der Waals surface area (Å²) < 4.78 is 26.7. The molecule has 2 rings (SSSR count). The number of imidazole rings is 1. The van der Waals surface area contributed by atoms with E-state index in [1.54, 1.807) is 29.1 Å². The van der Waals surface area contributed by atoms with E-state index < -0.39 is 5.76 Å². The Morgan fingerprint density at radius 2 is 2.17 bits per heavy atom. The summed E-state index contributed by atoms with van der Waals surface area (Å²) in [5.41, 5.74) is 1.59. The number of rotatable bonds is 5. The molecule has 0 saturated heterocycles. The second-order valence-electron chi connectivity index (χ2n) is 3.65. The molecule has 0 fully saturated rings. The first-order valence-electron chi connectivity index (χ1n) is 5.42. The van der Waals surface area contributed by atoms with E-state index in [1.807, 2.05) is 19.3 Å². The van der Waals surface area contributed by atoms with Crippen LogP contribution in [0.1, 0.15) is 5.69 Å². The number of hydrogen-bond donors (Lipinski definition) is 1. The van der Waals surface area contributed by atoms with E-state index in [0.717, 1.165) is 11.4 Å². The first-order chi connectivity index (χ1) is 8.70. The Kier molecular flexibility index (Phi) is 4.33. The molecule has 0 saturated carbocycles. The highest BCUT2D eigenvalue weighted by Crippen LogP contribution is 2.30. The third kappa shape index (κ3) is 3.08. The fourth-order valence-electron chi connectivity index (χ4n) is 1.63. The van der Waals surface area contributed by atoms with Crippen molar-refractivity contribution in [3.63, 3.8) is 0 Å². The van der Waals surface area contributed by atoms with Crippen molar-refractivity contribution in [3.8, 4) is 5.69 Å². The molecule has 3 nitrogen and oxygen atoms in total. The molecule has 96 valence electrons. The Hall–Kier alpha value is -1.40. The van der Waals surface area contributed by atoms with Gasteiger partial charge in [0.15, 0.2) is 0 Å². The number of aromatic nitrogens is 2. The quantitative estimate of drug-likeness (QED) is 0.846. The molecular formula is C12H13F2N3S. The molecule has 1 N–H and O–H groups in total. The molecule has 0 spiro atoms. The van der Waals surface area contributed by atoms with E-state index >= 15 is 0 Å². The average molecular weight is 269 g/mol. The lowest BCUT2D eigenvalue weighted by Gasteiger charge is -2.08. The second kappa shape index (κ2) is 5.97. The summed E-state index contributed by atoms with van der Waals surface area (Å²) >= 11 is 0.545. The van der Waals surface area contributed by atoms with Gasteiger partial charge in [-0.2, -0.15) is 8.78 Å². The minimum Gasteiger partial charge on any atom is -0.314 e. The van der Waals surface area contributed by atoms with Crippen LogP contribution in [0.2, 0.25) is 0 Å². The number of alkyl halides is 2. The van der Waals surface area contributed by atoms with Gasteiger partial charge in [-0.25, -0.2) is 4.98 Å². The summed E-state index contributed by atoms with van der Waals surface area (Å²) in [7, 11) is 1.83. The zero-order valence-electron chi connectivity index (χ0n) is 9.81. The Labute approximate surface area is 108 Å². The number of benzene rings is 1. The van der Waals surface area contributed by atoms with Crippen LogP contribution in [0.5, 0.6) is 0 Å². The van der Waals surface area contributed by atoms with Crippen LogP contribution in [0.15, 0.2) is 41.7 Å². The van der Waals surface area contributed by atoms with Gasteiger partial charge in [-0.05, 0) is 19.2 Å². The molecule has 1 aromatic carbocycles. The molecule has 0 atom stereocenters. The predicted molar refractivity (Wildman–Crippen MR) is 68.2 cm³/mol. The van der Waals surface area contributed by atoms with Crippen molar-refractivity contribution < 1.29 is 8.78 Å². The van der Waals surface area contributed by atoms with E-state index in [9.17, 15) is 8.78 Å². The summed E-state index contributed by atoms with van der Waals surface area (Å²) in [4.78, 5) is 4.75. The Morgan fingerprint density at radius 3 is 2.89 bits per heavy atom. The summed E-state index contributed by atoms with van der Waals surface area (Å²) in [6, 6.07) is 7.06. The summed E-state index contributed by atoms with van der Waals surface area (Å²) in [6.45, 7) is 0.650. The molecule has 0 aliphatic rings. The number of thioether (sulfide) groups is 1. The molecule has 2 aromatic rings. The zero-order valence-corrected chi connectivity index (χ0v) is 10.6. The molecule has 6 heteroatoms. The van der Waals surface area contributed by atoms with Gasteiger partial charge in [0.1, 0.15) is 0 Å². The summed E-state index contributed by atoms with van der Waals surface area (Å²) in [5.74, 6) is -2.42. The molecular weight excluding hydrogens is 256 g/mol. The van der Waals surface area contributed by atoms with E-state index in [4.69, 9.17) is 0 Å². The minimum absolute atomic E-state index is 0.543. The number of para-hydroxylation sites is 1. The van der Waals surface area contributed by atoms with Gasteiger partial charge in [0.05, 0.1) is 17.7 Å². The van der Waals surface area contributed by atoms with Crippen molar-refractivity contribution >= 4 is 11.8 Å². The number of halogens is 2. The predicted octanol–water partition coefficient (Wildman–Crippen LogP) is 2.91. The first-order valence-corrected chi connectivity index (χ1v) is 6.30. The first kappa shape index (κ1) is 13.0. The number of nitrogens with zero attached hydrogens (tertiary/aromatic N) is 2. The lowest BCUT2D eigenvalue weighted by atomic mass is 10.3. The lowest BCUT2D eigenvalue weighted by Crippen LogP contribution is -2.05. The highest BCUT2D eigenvalue weighted by Gasteiger charge is 2.11. The van der Waals surface area contributed by atoms with Crippen LogP contribution in [0.4, 0.5) is 8.78 Å². The van der Waals surface area contributed by atoms with Crippen LogP contribution in [0.3, 0.4) is 0 Å². The van der Waals surface area contributed by atoms with Crippen LogP contribution in [0.25, 0.3) is 5.69 Å². The van der Waals surface area contributed by atoms with Gasteiger partial charge in [0.2, 0.25) is 0 Å². The maximum Gasteiger partial charge on any atom is 0.288 e. The van der Waals surface area contributed by atoms with Crippen LogP contribution in [-0.2, 0) is 6.54 Å². The molecule has 0 bridgehead atoms. The van der Waals surface area contributed by atoms with E-state index in [1.165, 1.54) is 0 Å². The third-order valence-corrected chi connectivity index (χ3v) is 3.13. The van der Waals surface area contributed by atoms with Gasteiger partial charge in [-0.3, -0.25) is 0 Å². The van der Waals surface area contributed by atoms with Gasteiger partial charge in [0, 0.05) is 17.6 Å². The topological polar surface area (TPSA) is 29.9 Å². The van der Waals surface area contributed by atoms with Crippen molar-refractivity contribution in [2.75, 3.05) is 7.05 Å². The standard InChI is InChI=1S/C12H13F2N3S/c1-15-6-9-7-17(8-16-9)10-4-2-3-5-11(10)18-12(13)14/h2-5,7-8,12,15H,6H2,1H3. The molecule has 0 aliphatic carbocycles. The second-order valence-corrected chi connectivity index (χ2v) is 4.68. The van der Waals surface area contributed by atoms with Crippen molar-refractivity contribution in [2.24, 2.45) is 0 Å². The van der Waals surface area contributed by atoms with Gasteiger partial charge in [0.25, 0.3) is 5.76 Å². The molecule has 0 radical (unpaired) electrons. The maximum absolute atomic E-state index is 12.5. The van der Waals surface area contributed by atoms with Crippen molar-refractivity contribution in [1.82, 2.24) is 14.9 Å². The Balaban J connectivity index is 2.30. The largest absolute Gasteiger partial charge is 0.314 e. The van der Waals surface area contributed by atoms with Gasteiger partial charge >= 0.3 is 0 Å². The fourth-order valence-corrected chi connectivity index (χ4v) is 2.28. The van der Waals surface area contributed by atoms with Crippen LogP contribution in [0, 0.1) is 0 Å². The minimum atomic E-state index is -2.42. The molecule has 18 heavy (non-hydrogen) atoms. The number of nitrogens with one attached hydrogen (secondary N) is 1. The van der Waals surface area contributed by atoms with Crippen LogP contribution >= 0.6 is 11.8 Å². The normalized spacial score (nSPS) is 11.1. The van der Waals surface area contributed by atoms with Crippen molar-refractivity contribution in [1.29, 1.82) is 0 Å². The monoisotopic (exact) mass is 269 g/mol. The molecule has 1 heterocycles. The summed E-state index contributed by atoms with van der Waals surface area (Å²) in [5, 5.41) is 2.99. The van der Waals surface area contributed by atoms with E-state index in [-0.39, 0.29) is 0 Å². The van der Waals surface area contributed by atoms with Gasteiger partial charge in [-0.1, -0.05) is 23.9 Å². The lowest BCUT2D eigenvalue weighted by molar-refractivity contribution is 0.252. The third-order valence-electron chi connectivity index (χ3n) is 2.35. The highest BCUT2D eigenvalue weighted by molar-refractivity contribution is 7.99. The zero-order chi connectivity index (χ0) is 13.0. The van der Waals surface area contributed by atoms with Crippen LogP contribution in [-0.4, -0.2) is 22.4 Å². The van der Waals surface area contributed by atoms with E-state index in [2.05, 4.69) is 10.3 Å². The summed E-state index contributed by atoms with van der Waals surface area (Å²) in [6.07, 6.45) is 3.47. The average Bonchev–Trinajstić information content (AvgIpc) is 2.78. The SMILES string of the molecule is CNCc1cn(-c2ccccc2SC(F)F)cn1. The van der Waals surface area contributed by atoms with E-state index in [0.29, 0.717) is 23.2 Å². The van der Waals surface area contributed by atoms with Crippen molar-refractivity contribution in [3.05, 3.63) is 42.5 Å².